The van der Waals surface area contributed by atoms with E-state index in [2.05, 4.69) is 11.1 Å². The molecule has 2 aliphatic carbocycles. The van der Waals surface area contributed by atoms with Crippen molar-refractivity contribution in [2.24, 2.45) is 16.8 Å². The minimum absolute atomic E-state index is 0.601. The van der Waals surface area contributed by atoms with Gasteiger partial charge in [0.2, 0.25) is 0 Å². The minimum atomic E-state index is 0.601. The second-order valence-corrected chi connectivity index (χ2v) is 4.81. The fraction of sp³-hybridized carbons (Fsp3) is 0.538. The predicted octanol–water partition coefficient (Wildman–Crippen LogP) is 2.69. The monoisotopic (exact) mass is 200 g/mol. The molecule has 1 aromatic rings. The average Bonchev–Trinajstić information content (AvgIpc) is 2.89. The van der Waals surface area contributed by atoms with Crippen molar-refractivity contribution in [1.29, 1.82) is 0 Å². The summed E-state index contributed by atoms with van der Waals surface area (Å²) >= 11 is 0. The number of aliphatic imine (C=N–C) groups is 1. The highest BCUT2D eigenvalue weighted by Crippen LogP contribution is 2.45. The van der Waals surface area contributed by atoms with E-state index in [0.717, 1.165) is 17.4 Å². The Bertz CT molecular complexity index is 358. The summed E-state index contributed by atoms with van der Waals surface area (Å²) in [6.07, 6.45) is 11.3. The molecule has 0 spiro atoms. The molecule has 2 aliphatic rings. The molecule has 2 nitrogen and oxygen atoms in total. The van der Waals surface area contributed by atoms with Crippen molar-refractivity contribution in [3.63, 3.8) is 0 Å². The summed E-state index contributed by atoms with van der Waals surface area (Å²) in [5.41, 5.74) is 1.13. The molecule has 3 rings (SSSR count). The molecule has 0 aliphatic heterocycles. The van der Waals surface area contributed by atoms with Gasteiger partial charge < -0.3 is 0 Å². The van der Waals surface area contributed by atoms with Gasteiger partial charge in [0, 0.05) is 24.2 Å². The van der Waals surface area contributed by atoms with E-state index in [-0.39, 0.29) is 0 Å². The van der Waals surface area contributed by atoms with Crippen LogP contribution in [0.25, 0.3) is 0 Å². The van der Waals surface area contributed by atoms with Crippen molar-refractivity contribution in [2.45, 2.75) is 31.7 Å². The van der Waals surface area contributed by atoms with Crippen LogP contribution in [0.4, 0.5) is 0 Å². The third-order valence-corrected chi connectivity index (χ3v) is 3.80. The molecule has 0 amide bonds. The molecule has 3 atom stereocenters. The van der Waals surface area contributed by atoms with Gasteiger partial charge in [-0.05, 0) is 37.2 Å². The van der Waals surface area contributed by atoms with E-state index in [0.29, 0.717) is 6.04 Å². The quantitative estimate of drug-likeness (QED) is 0.674. The van der Waals surface area contributed by atoms with Gasteiger partial charge in [-0.25, -0.2) is 0 Å². The van der Waals surface area contributed by atoms with Gasteiger partial charge in [-0.2, -0.15) is 0 Å². The smallest absolute Gasteiger partial charge is 0.0530 e. The van der Waals surface area contributed by atoms with Crippen LogP contribution in [-0.2, 0) is 0 Å². The molecule has 0 radical (unpaired) electrons. The van der Waals surface area contributed by atoms with Crippen molar-refractivity contribution < 1.29 is 0 Å². The lowest BCUT2D eigenvalue weighted by Gasteiger charge is -2.16. The first-order valence-corrected chi connectivity index (χ1v) is 5.85. The Morgan fingerprint density at radius 3 is 3.00 bits per heavy atom. The van der Waals surface area contributed by atoms with Gasteiger partial charge in [0.1, 0.15) is 0 Å². The molecule has 78 valence electrons. The molecule has 0 aromatic carbocycles. The summed E-state index contributed by atoms with van der Waals surface area (Å²) in [5.74, 6) is 1.86. The predicted molar refractivity (Wildman–Crippen MR) is 61.1 cm³/mol. The first-order valence-electron chi connectivity index (χ1n) is 5.85. The zero-order chi connectivity index (χ0) is 10.1. The van der Waals surface area contributed by atoms with Crippen molar-refractivity contribution in [1.82, 2.24) is 4.98 Å². The Kier molecular flexibility index (Phi) is 2.28. The van der Waals surface area contributed by atoms with Gasteiger partial charge in [0.15, 0.2) is 0 Å². The number of hydrogen-bond donors (Lipinski definition) is 0. The standard InChI is InChI=1S/C13H16N2/c1-2-11(8-14-5-1)9-15-13-7-10-3-4-12(13)6-10/h1-2,5,8-10,12-13H,3-4,6-7H2/t10-,12+,13+/m1/s1. The summed E-state index contributed by atoms with van der Waals surface area (Å²) in [6, 6.07) is 4.62. The van der Waals surface area contributed by atoms with Crippen LogP contribution >= 0.6 is 0 Å². The van der Waals surface area contributed by atoms with Crippen LogP contribution in [0, 0.1) is 11.8 Å². The third-order valence-electron chi connectivity index (χ3n) is 3.80. The van der Waals surface area contributed by atoms with Gasteiger partial charge in [-0.15, -0.1) is 0 Å². The average molecular weight is 200 g/mol. The maximum Gasteiger partial charge on any atom is 0.0530 e. The Morgan fingerprint density at radius 1 is 1.33 bits per heavy atom. The Hall–Kier alpha value is -1.18. The second kappa shape index (κ2) is 3.76. The van der Waals surface area contributed by atoms with Crippen LogP contribution in [-0.4, -0.2) is 17.2 Å². The van der Waals surface area contributed by atoms with Crippen molar-refractivity contribution in [3.8, 4) is 0 Å². The molecule has 2 saturated carbocycles. The second-order valence-electron chi connectivity index (χ2n) is 4.81. The fourth-order valence-electron chi connectivity index (χ4n) is 3.03. The zero-order valence-corrected chi connectivity index (χ0v) is 8.84. The van der Waals surface area contributed by atoms with E-state index in [1.807, 2.05) is 18.5 Å². The van der Waals surface area contributed by atoms with Crippen LogP contribution in [0.1, 0.15) is 31.2 Å². The lowest BCUT2D eigenvalue weighted by molar-refractivity contribution is 0.421. The molecule has 2 bridgehead atoms. The van der Waals surface area contributed by atoms with E-state index >= 15 is 0 Å². The van der Waals surface area contributed by atoms with Gasteiger partial charge in [-0.3, -0.25) is 9.98 Å². The summed E-state index contributed by atoms with van der Waals surface area (Å²) < 4.78 is 0. The van der Waals surface area contributed by atoms with Gasteiger partial charge in [-0.1, -0.05) is 12.5 Å². The van der Waals surface area contributed by atoms with Crippen LogP contribution in [0.2, 0.25) is 0 Å². The Labute approximate surface area is 90.5 Å². The van der Waals surface area contributed by atoms with E-state index in [4.69, 9.17) is 4.99 Å². The molecule has 0 N–H and O–H groups in total. The van der Waals surface area contributed by atoms with Crippen LogP contribution in [0.15, 0.2) is 29.5 Å². The summed E-state index contributed by atoms with van der Waals surface area (Å²) in [4.78, 5) is 8.80. The van der Waals surface area contributed by atoms with E-state index in [9.17, 15) is 0 Å². The maximum atomic E-state index is 4.71. The molecule has 1 heterocycles. The maximum absolute atomic E-state index is 4.71. The first-order chi connectivity index (χ1) is 7.42. The summed E-state index contributed by atoms with van der Waals surface area (Å²) in [5, 5.41) is 0. The SMILES string of the molecule is C(=N[C@H]1C[C@@H]2CC[C@H]1C2)c1cccnc1. The third kappa shape index (κ3) is 1.81. The van der Waals surface area contributed by atoms with Crippen molar-refractivity contribution >= 4 is 6.21 Å². The highest BCUT2D eigenvalue weighted by atomic mass is 14.8. The molecular formula is C13H16N2. The van der Waals surface area contributed by atoms with E-state index in [1.165, 1.54) is 25.7 Å². The highest BCUT2D eigenvalue weighted by molar-refractivity contribution is 5.79. The molecular weight excluding hydrogens is 184 g/mol. The van der Waals surface area contributed by atoms with Gasteiger partial charge in [0.05, 0.1) is 6.04 Å². The van der Waals surface area contributed by atoms with Gasteiger partial charge >= 0.3 is 0 Å². The molecule has 2 fully saturated rings. The van der Waals surface area contributed by atoms with Crippen molar-refractivity contribution in [3.05, 3.63) is 30.1 Å². The number of fused-ring (bicyclic) bond motifs is 2. The number of rotatable bonds is 2. The molecule has 15 heavy (non-hydrogen) atoms. The normalized spacial score (nSPS) is 34.0. The minimum Gasteiger partial charge on any atom is -0.289 e. The lowest BCUT2D eigenvalue weighted by atomic mass is 9.96. The highest BCUT2D eigenvalue weighted by Gasteiger charge is 2.38. The van der Waals surface area contributed by atoms with E-state index in [1.54, 1.807) is 6.20 Å². The van der Waals surface area contributed by atoms with Gasteiger partial charge in [0.25, 0.3) is 0 Å². The first kappa shape index (κ1) is 9.08. The van der Waals surface area contributed by atoms with Crippen LogP contribution in [0.3, 0.4) is 0 Å². The Balaban J connectivity index is 1.68. The molecule has 2 heteroatoms. The largest absolute Gasteiger partial charge is 0.289 e. The summed E-state index contributed by atoms with van der Waals surface area (Å²) in [6.45, 7) is 0. The Morgan fingerprint density at radius 2 is 2.33 bits per heavy atom. The fourth-order valence-corrected chi connectivity index (χ4v) is 3.03. The number of pyridine rings is 1. The molecule has 0 unspecified atom stereocenters. The topological polar surface area (TPSA) is 25.2 Å². The molecule has 0 saturated heterocycles. The lowest BCUT2D eigenvalue weighted by Crippen LogP contribution is -2.14. The number of aromatic nitrogens is 1. The summed E-state index contributed by atoms with van der Waals surface area (Å²) in [7, 11) is 0. The van der Waals surface area contributed by atoms with Crippen LogP contribution in [0.5, 0.6) is 0 Å². The van der Waals surface area contributed by atoms with Crippen molar-refractivity contribution in [2.75, 3.05) is 0 Å². The molecule has 1 aromatic heterocycles. The van der Waals surface area contributed by atoms with Crippen LogP contribution < -0.4 is 0 Å². The number of hydrogen-bond acceptors (Lipinski definition) is 2. The number of nitrogens with zero attached hydrogens (tertiary/aromatic N) is 2. The van der Waals surface area contributed by atoms with E-state index < -0.39 is 0 Å². The zero-order valence-electron chi connectivity index (χ0n) is 8.84.